The Morgan fingerprint density at radius 3 is 3.00 bits per heavy atom. The number of rotatable bonds is 5. The van der Waals surface area contributed by atoms with Crippen molar-refractivity contribution in [2.75, 3.05) is 13.7 Å². The molecule has 0 aromatic carbocycles. The van der Waals surface area contributed by atoms with Gasteiger partial charge < -0.3 is 15.0 Å². The van der Waals surface area contributed by atoms with Crippen LogP contribution >= 0.6 is 11.3 Å². The van der Waals surface area contributed by atoms with Crippen molar-refractivity contribution in [3.05, 3.63) is 20.2 Å². The fraction of sp³-hybridized carbons (Fsp3) is 0.625. The van der Waals surface area contributed by atoms with E-state index in [1.165, 1.54) is 11.3 Å². The molecule has 0 fully saturated rings. The molecule has 0 aliphatic carbocycles. The predicted molar refractivity (Wildman–Crippen MR) is 53.0 cm³/mol. The number of H-pyrrole nitrogens is 1. The van der Waals surface area contributed by atoms with Crippen molar-refractivity contribution < 1.29 is 4.74 Å². The highest BCUT2D eigenvalue weighted by atomic mass is 32.1. The summed E-state index contributed by atoms with van der Waals surface area (Å²) in [5.74, 6) is 0. The van der Waals surface area contributed by atoms with Gasteiger partial charge in [-0.15, -0.1) is 0 Å². The Morgan fingerprint density at radius 2 is 2.38 bits per heavy atom. The summed E-state index contributed by atoms with van der Waals surface area (Å²) in [5.41, 5.74) is 0.887. The van der Waals surface area contributed by atoms with Crippen LogP contribution in [0.25, 0.3) is 0 Å². The lowest BCUT2D eigenvalue weighted by Crippen LogP contribution is -2.12. The monoisotopic (exact) mass is 202 g/mol. The Labute approximate surface area is 80.9 Å². The molecule has 1 rings (SSSR count). The summed E-state index contributed by atoms with van der Waals surface area (Å²) < 4.78 is 4.97. The van der Waals surface area contributed by atoms with E-state index in [1.54, 1.807) is 7.11 Å². The van der Waals surface area contributed by atoms with E-state index in [9.17, 15) is 4.79 Å². The van der Waals surface area contributed by atoms with Gasteiger partial charge in [-0.2, -0.15) is 0 Å². The largest absolute Gasteiger partial charge is 0.378 e. The Kier molecular flexibility index (Phi) is 4.14. The van der Waals surface area contributed by atoms with Crippen LogP contribution in [-0.2, 0) is 17.9 Å². The van der Waals surface area contributed by atoms with Crippen molar-refractivity contribution in [2.24, 2.45) is 0 Å². The Hall–Kier alpha value is -0.650. The van der Waals surface area contributed by atoms with Gasteiger partial charge in [0.1, 0.15) is 0 Å². The third-order valence-electron chi connectivity index (χ3n) is 1.63. The molecule has 1 aromatic heterocycles. The van der Waals surface area contributed by atoms with Crippen LogP contribution in [0.4, 0.5) is 0 Å². The first kappa shape index (κ1) is 10.4. The van der Waals surface area contributed by atoms with Crippen LogP contribution in [0.1, 0.15) is 17.5 Å². The molecule has 0 saturated carbocycles. The summed E-state index contributed by atoms with van der Waals surface area (Å²) in [7, 11) is 1.62. The number of thiazole rings is 1. The summed E-state index contributed by atoms with van der Waals surface area (Å²) in [5, 5.41) is 3.17. The second-order valence-electron chi connectivity index (χ2n) is 2.63. The van der Waals surface area contributed by atoms with Gasteiger partial charge in [0, 0.05) is 18.5 Å². The second kappa shape index (κ2) is 5.16. The smallest absolute Gasteiger partial charge is 0.305 e. The average molecular weight is 202 g/mol. The maximum absolute atomic E-state index is 11.0. The molecule has 5 heteroatoms. The van der Waals surface area contributed by atoms with Crippen LogP contribution in [-0.4, -0.2) is 18.6 Å². The van der Waals surface area contributed by atoms with Crippen LogP contribution in [0.5, 0.6) is 0 Å². The van der Waals surface area contributed by atoms with Crippen LogP contribution in [0.3, 0.4) is 0 Å². The number of aromatic amines is 1. The first-order valence-electron chi connectivity index (χ1n) is 4.18. The molecule has 0 aliphatic rings. The van der Waals surface area contributed by atoms with E-state index >= 15 is 0 Å². The van der Waals surface area contributed by atoms with Gasteiger partial charge in [0.05, 0.1) is 12.3 Å². The van der Waals surface area contributed by atoms with Gasteiger partial charge in [-0.05, 0) is 6.54 Å². The molecule has 13 heavy (non-hydrogen) atoms. The molecule has 4 nitrogen and oxygen atoms in total. The van der Waals surface area contributed by atoms with Crippen molar-refractivity contribution in [1.82, 2.24) is 10.3 Å². The third-order valence-corrected chi connectivity index (χ3v) is 2.55. The molecule has 0 saturated heterocycles. The number of methoxy groups -OCH3 is 1. The normalized spacial score (nSPS) is 10.6. The van der Waals surface area contributed by atoms with Crippen LogP contribution < -0.4 is 10.2 Å². The maximum Gasteiger partial charge on any atom is 0.305 e. The summed E-state index contributed by atoms with van der Waals surface area (Å²) in [6.07, 6.45) is 0. The van der Waals surface area contributed by atoms with E-state index in [0.29, 0.717) is 6.61 Å². The van der Waals surface area contributed by atoms with E-state index < -0.39 is 0 Å². The lowest BCUT2D eigenvalue weighted by Gasteiger charge is -2.01. The molecule has 0 amide bonds. The van der Waals surface area contributed by atoms with E-state index in [0.717, 1.165) is 23.7 Å². The number of ether oxygens (including phenoxy) is 1. The molecule has 0 unspecified atom stereocenters. The topological polar surface area (TPSA) is 54.1 Å². The highest BCUT2D eigenvalue weighted by molar-refractivity contribution is 7.09. The van der Waals surface area contributed by atoms with Crippen LogP contribution in [0, 0.1) is 0 Å². The number of aromatic nitrogens is 1. The summed E-state index contributed by atoms with van der Waals surface area (Å²) in [6, 6.07) is 0. The van der Waals surface area contributed by atoms with Crippen molar-refractivity contribution in [2.45, 2.75) is 20.1 Å². The van der Waals surface area contributed by atoms with Crippen molar-refractivity contribution in [3.8, 4) is 0 Å². The fourth-order valence-electron chi connectivity index (χ4n) is 1.03. The quantitative estimate of drug-likeness (QED) is 0.738. The second-order valence-corrected chi connectivity index (χ2v) is 3.70. The van der Waals surface area contributed by atoms with Crippen LogP contribution in [0.2, 0.25) is 0 Å². The highest BCUT2D eigenvalue weighted by Gasteiger charge is 2.06. The zero-order chi connectivity index (χ0) is 9.68. The molecule has 1 aromatic rings. The fourth-order valence-corrected chi connectivity index (χ4v) is 1.84. The predicted octanol–water partition coefficient (Wildman–Crippen LogP) is 0.692. The van der Waals surface area contributed by atoms with E-state index in [2.05, 4.69) is 10.3 Å². The molecule has 0 atom stereocenters. The van der Waals surface area contributed by atoms with E-state index in [4.69, 9.17) is 4.74 Å². The van der Waals surface area contributed by atoms with Gasteiger partial charge in [0.25, 0.3) is 0 Å². The molecule has 0 aliphatic heterocycles. The Balaban J connectivity index is 2.72. The molecule has 0 bridgehead atoms. The molecule has 0 spiro atoms. The number of hydrogen-bond donors (Lipinski definition) is 2. The molecule has 1 heterocycles. The minimum Gasteiger partial charge on any atom is -0.378 e. The minimum absolute atomic E-state index is 0.0139. The number of hydrogen-bond acceptors (Lipinski definition) is 4. The average Bonchev–Trinajstić information content (AvgIpc) is 2.44. The van der Waals surface area contributed by atoms with Crippen molar-refractivity contribution in [1.29, 1.82) is 0 Å². The maximum atomic E-state index is 11.0. The van der Waals surface area contributed by atoms with E-state index in [1.807, 2.05) is 6.92 Å². The summed E-state index contributed by atoms with van der Waals surface area (Å²) in [4.78, 5) is 14.8. The molecule has 2 N–H and O–H groups in total. The zero-order valence-corrected chi connectivity index (χ0v) is 8.66. The van der Waals surface area contributed by atoms with E-state index in [-0.39, 0.29) is 4.87 Å². The van der Waals surface area contributed by atoms with Gasteiger partial charge in [-0.25, -0.2) is 0 Å². The van der Waals surface area contributed by atoms with Crippen molar-refractivity contribution >= 4 is 11.3 Å². The summed E-state index contributed by atoms with van der Waals surface area (Å²) in [6.45, 7) is 4.14. The lowest BCUT2D eigenvalue weighted by atomic mass is 10.4. The van der Waals surface area contributed by atoms with Gasteiger partial charge in [-0.1, -0.05) is 18.3 Å². The van der Waals surface area contributed by atoms with Crippen molar-refractivity contribution in [3.63, 3.8) is 0 Å². The van der Waals surface area contributed by atoms with Gasteiger partial charge in [0.15, 0.2) is 0 Å². The molecule has 74 valence electrons. The zero-order valence-electron chi connectivity index (χ0n) is 7.85. The number of nitrogens with one attached hydrogen (secondary N) is 2. The Morgan fingerprint density at radius 1 is 1.62 bits per heavy atom. The SMILES string of the molecule is CCNCc1sc(=O)[nH]c1COC. The molecule has 0 radical (unpaired) electrons. The summed E-state index contributed by atoms with van der Waals surface area (Å²) >= 11 is 1.24. The van der Waals surface area contributed by atoms with Crippen LogP contribution in [0.15, 0.2) is 4.79 Å². The Bertz CT molecular complexity index is 305. The third kappa shape index (κ3) is 2.95. The molecular formula is C8H14N2O2S. The van der Waals surface area contributed by atoms with Gasteiger partial charge in [0.2, 0.25) is 0 Å². The van der Waals surface area contributed by atoms with Gasteiger partial charge in [-0.3, -0.25) is 4.79 Å². The molecular weight excluding hydrogens is 188 g/mol. The standard InChI is InChI=1S/C8H14N2O2S/c1-3-9-4-7-6(5-12-2)10-8(11)13-7/h9H,3-5H2,1-2H3,(H,10,11). The highest BCUT2D eigenvalue weighted by Crippen LogP contribution is 2.09. The first-order chi connectivity index (χ1) is 6.27. The first-order valence-corrected chi connectivity index (χ1v) is 5.00. The minimum atomic E-state index is -0.0139. The lowest BCUT2D eigenvalue weighted by molar-refractivity contribution is 0.181. The van der Waals surface area contributed by atoms with Gasteiger partial charge >= 0.3 is 4.87 Å².